The van der Waals surface area contributed by atoms with Gasteiger partial charge in [0.15, 0.2) is 0 Å². The van der Waals surface area contributed by atoms with Crippen LogP contribution in [0.25, 0.3) is 0 Å². The summed E-state index contributed by atoms with van der Waals surface area (Å²) in [5, 5.41) is 10.8. The zero-order chi connectivity index (χ0) is 23.8. The van der Waals surface area contributed by atoms with Crippen LogP contribution in [0.3, 0.4) is 0 Å². The second kappa shape index (κ2) is 9.43. The number of hydrogen-bond donors (Lipinski definition) is 1. The minimum absolute atomic E-state index is 0.0799. The fourth-order valence-corrected chi connectivity index (χ4v) is 5.48. The second-order valence-corrected chi connectivity index (χ2v) is 10.5. The number of pyridine rings is 1. The van der Waals surface area contributed by atoms with Gasteiger partial charge in [-0.2, -0.15) is 0 Å². The summed E-state index contributed by atoms with van der Waals surface area (Å²) < 4.78 is 0. The number of hydrogen-bond acceptors (Lipinski definition) is 5. The van der Waals surface area contributed by atoms with Gasteiger partial charge in [-0.15, -0.1) is 0 Å². The van der Waals surface area contributed by atoms with E-state index in [0.29, 0.717) is 18.5 Å². The number of benzene rings is 1. The number of aliphatic hydroxyl groups is 1. The molecule has 2 aromatic rings. The predicted octanol–water partition coefficient (Wildman–Crippen LogP) is 3.74. The van der Waals surface area contributed by atoms with E-state index in [-0.39, 0.29) is 17.9 Å². The quantitative estimate of drug-likeness (QED) is 0.752. The van der Waals surface area contributed by atoms with Crippen molar-refractivity contribution in [2.24, 2.45) is 5.92 Å². The highest BCUT2D eigenvalue weighted by Crippen LogP contribution is 2.36. The number of nitrogens with zero attached hydrogens (tertiary/aromatic N) is 4. The van der Waals surface area contributed by atoms with Gasteiger partial charge in [0.05, 0.1) is 23.5 Å². The molecule has 0 saturated carbocycles. The topological polar surface area (TPSA) is 59.9 Å². The highest BCUT2D eigenvalue weighted by atomic mass is 16.3. The molecule has 4 unspecified atom stereocenters. The van der Waals surface area contributed by atoms with Gasteiger partial charge in [0, 0.05) is 43.0 Å². The summed E-state index contributed by atoms with van der Waals surface area (Å²) in [6.07, 6.45) is 5.68. The highest BCUT2D eigenvalue weighted by Gasteiger charge is 2.43. The first-order valence-corrected chi connectivity index (χ1v) is 12.2. The van der Waals surface area contributed by atoms with Gasteiger partial charge in [-0.3, -0.25) is 14.7 Å². The van der Waals surface area contributed by atoms with E-state index in [1.165, 1.54) is 11.3 Å². The number of amides is 1. The Labute approximate surface area is 198 Å². The lowest BCUT2D eigenvalue weighted by molar-refractivity contribution is -0.126. The minimum atomic E-state index is -0.986. The SMILES string of the molecule is CC1CN(c2ccccc2CC2CCC(C(C)(C)O)N(c3cccnc3)C2=O)CC(C)N1C. The molecular weight excluding hydrogens is 412 g/mol. The zero-order valence-corrected chi connectivity index (χ0v) is 20.6. The van der Waals surface area contributed by atoms with Crippen molar-refractivity contribution < 1.29 is 9.90 Å². The van der Waals surface area contributed by atoms with Crippen LogP contribution in [-0.4, -0.2) is 64.8 Å². The number of para-hydroxylation sites is 1. The fraction of sp³-hybridized carbons (Fsp3) is 0.556. The van der Waals surface area contributed by atoms with Crippen LogP contribution in [0.5, 0.6) is 0 Å². The minimum Gasteiger partial charge on any atom is -0.388 e. The lowest BCUT2D eigenvalue weighted by Gasteiger charge is -2.45. The summed E-state index contributed by atoms with van der Waals surface area (Å²) in [7, 11) is 2.20. The monoisotopic (exact) mass is 450 g/mol. The molecular formula is C27H38N4O2. The van der Waals surface area contributed by atoms with Crippen LogP contribution in [0.4, 0.5) is 11.4 Å². The molecule has 4 atom stereocenters. The summed E-state index contributed by atoms with van der Waals surface area (Å²) >= 11 is 0. The fourth-order valence-electron chi connectivity index (χ4n) is 5.48. The standard InChI is InChI=1S/C27H38N4O2/c1-19-17-30(18-20(2)29(19)5)24-11-7-6-9-21(24)15-22-12-13-25(27(3,4)33)31(26(22)32)23-10-8-14-28-16-23/h6-11,14,16,19-20,22,25,33H,12-13,15,17-18H2,1-5H3. The number of anilines is 2. The Morgan fingerprint density at radius 2 is 1.76 bits per heavy atom. The molecule has 2 aliphatic heterocycles. The van der Waals surface area contributed by atoms with Crippen molar-refractivity contribution in [3.05, 3.63) is 54.4 Å². The van der Waals surface area contributed by atoms with Gasteiger partial charge in [0.25, 0.3) is 0 Å². The molecule has 1 amide bonds. The Kier molecular flexibility index (Phi) is 6.78. The second-order valence-electron chi connectivity index (χ2n) is 10.5. The molecule has 2 aliphatic rings. The van der Waals surface area contributed by atoms with E-state index in [2.05, 4.69) is 59.9 Å². The Hall–Kier alpha value is -2.44. The van der Waals surface area contributed by atoms with Crippen LogP contribution in [0.2, 0.25) is 0 Å². The maximum Gasteiger partial charge on any atom is 0.230 e. The summed E-state index contributed by atoms with van der Waals surface area (Å²) in [6.45, 7) is 10.1. The molecule has 33 heavy (non-hydrogen) atoms. The number of piperazine rings is 1. The third-order valence-electron chi connectivity index (χ3n) is 7.58. The van der Waals surface area contributed by atoms with Crippen LogP contribution < -0.4 is 9.80 Å². The van der Waals surface area contributed by atoms with E-state index in [4.69, 9.17) is 0 Å². The summed E-state index contributed by atoms with van der Waals surface area (Å²) in [5.41, 5.74) is 2.25. The molecule has 1 N–H and O–H groups in total. The molecule has 0 aliphatic carbocycles. The molecule has 1 aromatic heterocycles. The van der Waals surface area contributed by atoms with E-state index in [9.17, 15) is 9.90 Å². The lowest BCUT2D eigenvalue weighted by Crippen LogP contribution is -2.57. The van der Waals surface area contributed by atoms with Crippen LogP contribution in [-0.2, 0) is 11.2 Å². The smallest absolute Gasteiger partial charge is 0.230 e. The molecule has 2 fully saturated rings. The van der Waals surface area contributed by atoms with Gasteiger partial charge in [-0.25, -0.2) is 0 Å². The van der Waals surface area contributed by atoms with Crippen molar-refractivity contribution in [1.29, 1.82) is 0 Å². The van der Waals surface area contributed by atoms with Crippen LogP contribution in [0.15, 0.2) is 48.8 Å². The largest absolute Gasteiger partial charge is 0.388 e. The highest BCUT2D eigenvalue weighted by molar-refractivity contribution is 5.96. The number of carbonyl (C=O) groups is 1. The third-order valence-corrected chi connectivity index (χ3v) is 7.58. The van der Waals surface area contributed by atoms with E-state index in [0.717, 1.165) is 31.6 Å². The average molecular weight is 451 g/mol. The van der Waals surface area contributed by atoms with E-state index in [1.54, 1.807) is 31.1 Å². The predicted molar refractivity (Wildman–Crippen MR) is 134 cm³/mol. The molecule has 0 bridgehead atoms. The average Bonchev–Trinajstić information content (AvgIpc) is 2.78. The Bertz CT molecular complexity index is 946. The molecule has 2 saturated heterocycles. The van der Waals surface area contributed by atoms with Gasteiger partial charge in [0.2, 0.25) is 5.91 Å². The first-order chi connectivity index (χ1) is 15.7. The van der Waals surface area contributed by atoms with Crippen molar-refractivity contribution in [2.75, 3.05) is 29.9 Å². The Balaban J connectivity index is 1.60. The molecule has 6 heteroatoms. The normalized spacial score (nSPS) is 27.2. The number of carbonyl (C=O) groups excluding carboxylic acids is 1. The first kappa shape index (κ1) is 23.7. The molecule has 0 spiro atoms. The Morgan fingerprint density at radius 3 is 2.39 bits per heavy atom. The number of rotatable bonds is 5. The maximum atomic E-state index is 13.8. The van der Waals surface area contributed by atoms with E-state index >= 15 is 0 Å². The molecule has 0 radical (unpaired) electrons. The van der Waals surface area contributed by atoms with Crippen LogP contribution in [0.1, 0.15) is 46.1 Å². The van der Waals surface area contributed by atoms with Gasteiger partial charge >= 0.3 is 0 Å². The number of piperidine rings is 1. The van der Waals surface area contributed by atoms with Gasteiger partial charge in [-0.1, -0.05) is 18.2 Å². The van der Waals surface area contributed by atoms with Crippen molar-refractivity contribution >= 4 is 17.3 Å². The Morgan fingerprint density at radius 1 is 1.06 bits per heavy atom. The number of aromatic nitrogens is 1. The third kappa shape index (κ3) is 4.92. The summed E-state index contributed by atoms with van der Waals surface area (Å²) in [5.74, 6) is -0.0384. The van der Waals surface area contributed by atoms with E-state index < -0.39 is 5.60 Å². The lowest BCUT2D eigenvalue weighted by atomic mass is 9.81. The summed E-state index contributed by atoms with van der Waals surface area (Å²) in [6, 6.07) is 13.0. The van der Waals surface area contributed by atoms with Crippen molar-refractivity contribution in [3.8, 4) is 0 Å². The molecule has 1 aromatic carbocycles. The zero-order valence-electron chi connectivity index (χ0n) is 20.6. The number of likely N-dealkylation sites (N-methyl/N-ethyl adjacent to an activating group) is 1. The molecule has 3 heterocycles. The van der Waals surface area contributed by atoms with E-state index in [1.807, 2.05) is 12.1 Å². The van der Waals surface area contributed by atoms with Crippen molar-refractivity contribution in [3.63, 3.8) is 0 Å². The summed E-state index contributed by atoms with van der Waals surface area (Å²) in [4.78, 5) is 24.7. The molecule has 4 rings (SSSR count). The van der Waals surface area contributed by atoms with Crippen LogP contribution in [0, 0.1) is 5.92 Å². The molecule has 178 valence electrons. The van der Waals surface area contributed by atoms with Crippen molar-refractivity contribution in [2.45, 2.75) is 70.7 Å². The van der Waals surface area contributed by atoms with Crippen LogP contribution >= 0.6 is 0 Å². The first-order valence-electron chi connectivity index (χ1n) is 12.2. The van der Waals surface area contributed by atoms with Crippen molar-refractivity contribution in [1.82, 2.24) is 9.88 Å². The molecule has 6 nitrogen and oxygen atoms in total. The van der Waals surface area contributed by atoms with Gasteiger partial charge < -0.3 is 14.9 Å². The van der Waals surface area contributed by atoms with Gasteiger partial charge in [-0.05, 0) is 77.8 Å². The van der Waals surface area contributed by atoms with Gasteiger partial charge in [0.1, 0.15) is 0 Å². The maximum absolute atomic E-state index is 13.8.